The Morgan fingerprint density at radius 3 is 2.31 bits per heavy atom. The second-order valence-electron chi connectivity index (χ2n) is 1.80. The van der Waals surface area contributed by atoms with E-state index < -0.39 is 5.09 Å². The predicted octanol–water partition coefficient (Wildman–Crippen LogP) is 2.69. The molecule has 0 aromatic heterocycles. The summed E-state index contributed by atoms with van der Waals surface area (Å²) in [5, 5.41) is 23.0. The molecule has 1 rings (SSSR count). The maximum atomic E-state index is 8.27. The lowest BCUT2D eigenvalue weighted by Crippen LogP contribution is -1.74. The Morgan fingerprint density at radius 2 is 2.00 bits per heavy atom. The molecular formula is C6H4BrN3O3. The van der Waals surface area contributed by atoms with E-state index in [1.54, 1.807) is 18.2 Å². The van der Waals surface area contributed by atoms with E-state index in [0.29, 0.717) is 5.69 Å². The Morgan fingerprint density at radius 1 is 1.46 bits per heavy atom. The molecule has 0 spiro atoms. The molecule has 0 saturated carbocycles. The van der Waals surface area contributed by atoms with Crippen LogP contribution in [0, 0.1) is 20.7 Å². The van der Waals surface area contributed by atoms with Crippen molar-refractivity contribution in [2.24, 2.45) is 0 Å². The first-order valence-corrected chi connectivity index (χ1v) is 3.77. The molecule has 0 bridgehead atoms. The van der Waals surface area contributed by atoms with Gasteiger partial charge in [-0.1, -0.05) is 22.0 Å². The minimum absolute atomic E-state index is 0.560. The maximum Gasteiger partial charge on any atom is 0.386 e. The second-order valence-corrected chi connectivity index (χ2v) is 2.72. The van der Waals surface area contributed by atoms with Crippen LogP contribution in [-0.2, 0) is 0 Å². The van der Waals surface area contributed by atoms with Gasteiger partial charge in [-0.05, 0) is 6.07 Å². The van der Waals surface area contributed by atoms with Crippen LogP contribution in [0.15, 0.2) is 28.7 Å². The summed E-state index contributed by atoms with van der Waals surface area (Å²) in [5.41, 5.74) is 0.560. The number of rotatable bonds is 0. The summed E-state index contributed by atoms with van der Waals surface area (Å²) < 4.78 is 0.915. The van der Waals surface area contributed by atoms with Crippen LogP contribution < -0.4 is 0 Å². The molecule has 7 heteroatoms. The van der Waals surface area contributed by atoms with E-state index in [-0.39, 0.29) is 0 Å². The highest BCUT2D eigenvalue weighted by Gasteiger charge is 2.00. The molecule has 0 aliphatic heterocycles. The van der Waals surface area contributed by atoms with Gasteiger partial charge in [0.25, 0.3) is 0 Å². The van der Waals surface area contributed by atoms with Gasteiger partial charge >= 0.3 is 5.69 Å². The van der Waals surface area contributed by atoms with Crippen LogP contribution in [0.25, 0.3) is 4.98 Å². The number of hydrogen-bond acceptors (Lipinski definition) is 4. The average Bonchev–Trinajstić information content (AvgIpc) is 2.03. The zero-order chi connectivity index (χ0) is 10.3. The van der Waals surface area contributed by atoms with Crippen molar-refractivity contribution in [3.63, 3.8) is 0 Å². The fourth-order valence-corrected chi connectivity index (χ4v) is 0.925. The van der Waals surface area contributed by atoms with Crippen LogP contribution in [-0.4, -0.2) is 5.09 Å². The van der Waals surface area contributed by atoms with E-state index in [1.165, 1.54) is 0 Å². The van der Waals surface area contributed by atoms with Gasteiger partial charge in [0.15, 0.2) is 4.98 Å². The molecule has 6 nitrogen and oxygen atoms in total. The largest absolute Gasteiger partial charge is 0.386 e. The number of halogens is 1. The van der Waals surface area contributed by atoms with Crippen molar-refractivity contribution < 1.29 is 5.09 Å². The fraction of sp³-hybridized carbons (Fsp3) is 0. The van der Waals surface area contributed by atoms with Crippen LogP contribution in [0.5, 0.6) is 0 Å². The van der Waals surface area contributed by atoms with Gasteiger partial charge in [-0.2, -0.15) is 0 Å². The SMILES string of the molecule is N#[N+]c1cccc(Br)c1.O=[N+]([O-])[O-]. The summed E-state index contributed by atoms with van der Waals surface area (Å²) in [6, 6.07) is 7.11. The first kappa shape index (κ1) is 11.3. The van der Waals surface area contributed by atoms with Gasteiger partial charge in [0, 0.05) is 16.6 Å². The highest BCUT2D eigenvalue weighted by Crippen LogP contribution is 2.17. The molecular weight excluding hydrogens is 242 g/mol. The van der Waals surface area contributed by atoms with Crippen molar-refractivity contribution in [1.82, 2.24) is 0 Å². The summed E-state index contributed by atoms with van der Waals surface area (Å²) in [5.74, 6) is 0. The lowest BCUT2D eigenvalue weighted by molar-refractivity contribution is -0.402. The molecule has 0 atom stereocenters. The van der Waals surface area contributed by atoms with Gasteiger partial charge in [-0.25, -0.2) is 0 Å². The minimum Gasteiger partial charge on any atom is -0.356 e. The van der Waals surface area contributed by atoms with Crippen LogP contribution in [0.4, 0.5) is 5.69 Å². The first-order chi connectivity index (χ1) is 6.06. The molecule has 0 amide bonds. The van der Waals surface area contributed by atoms with Gasteiger partial charge in [-0.15, -0.1) is 0 Å². The molecule has 0 unspecified atom stereocenters. The number of benzene rings is 1. The average molecular weight is 246 g/mol. The number of diazo groups is 1. The standard InChI is InChI=1S/C6H4BrN2.NO3/c7-5-2-1-3-6(4-5)9-8;2-1(3)4/h1-4H;/q+1;-1. The fourth-order valence-electron chi connectivity index (χ4n) is 0.538. The third-order valence-corrected chi connectivity index (χ3v) is 1.42. The van der Waals surface area contributed by atoms with Gasteiger partial charge in [0.2, 0.25) is 5.39 Å². The van der Waals surface area contributed by atoms with Crippen LogP contribution in [0.2, 0.25) is 0 Å². The number of nitrogens with zero attached hydrogens (tertiary/aromatic N) is 3. The lowest BCUT2D eigenvalue weighted by atomic mass is 10.3. The van der Waals surface area contributed by atoms with E-state index in [2.05, 4.69) is 20.9 Å². The molecule has 0 aliphatic rings. The molecule has 1 aromatic rings. The second kappa shape index (κ2) is 5.91. The van der Waals surface area contributed by atoms with Crippen molar-refractivity contribution in [2.45, 2.75) is 0 Å². The van der Waals surface area contributed by atoms with Gasteiger partial charge in [0.1, 0.15) is 0 Å². The van der Waals surface area contributed by atoms with E-state index in [9.17, 15) is 0 Å². The molecule has 0 radical (unpaired) electrons. The summed E-state index contributed by atoms with van der Waals surface area (Å²) in [4.78, 5) is 11.3. The normalized spacial score (nSPS) is 7.69. The van der Waals surface area contributed by atoms with Crippen molar-refractivity contribution >= 4 is 21.6 Å². The smallest absolute Gasteiger partial charge is 0.356 e. The minimum atomic E-state index is -1.75. The zero-order valence-corrected chi connectivity index (χ0v) is 7.84. The summed E-state index contributed by atoms with van der Waals surface area (Å²) in [7, 11) is 0. The van der Waals surface area contributed by atoms with E-state index in [1.807, 2.05) is 6.07 Å². The van der Waals surface area contributed by atoms with Crippen molar-refractivity contribution in [3.05, 3.63) is 49.0 Å². The van der Waals surface area contributed by atoms with Gasteiger partial charge in [0.05, 0.1) is 5.09 Å². The summed E-state index contributed by atoms with van der Waals surface area (Å²) >= 11 is 3.23. The highest BCUT2D eigenvalue weighted by molar-refractivity contribution is 9.10. The van der Waals surface area contributed by atoms with Crippen LogP contribution in [0.3, 0.4) is 0 Å². The van der Waals surface area contributed by atoms with Crippen molar-refractivity contribution in [2.75, 3.05) is 0 Å². The van der Waals surface area contributed by atoms with Gasteiger partial charge in [-0.3, -0.25) is 0 Å². The monoisotopic (exact) mass is 245 g/mol. The summed E-state index contributed by atoms with van der Waals surface area (Å²) in [6.07, 6.45) is 0. The zero-order valence-electron chi connectivity index (χ0n) is 6.25. The van der Waals surface area contributed by atoms with E-state index in [4.69, 9.17) is 20.7 Å². The Kier molecular flexibility index (Phi) is 5.14. The molecule has 0 heterocycles. The van der Waals surface area contributed by atoms with Crippen LogP contribution in [0.1, 0.15) is 0 Å². The lowest BCUT2D eigenvalue weighted by Gasteiger charge is -1.79. The molecule has 0 fully saturated rings. The third-order valence-electron chi connectivity index (χ3n) is 0.924. The van der Waals surface area contributed by atoms with Crippen molar-refractivity contribution in [1.29, 1.82) is 5.39 Å². The first-order valence-electron chi connectivity index (χ1n) is 2.98. The molecule has 68 valence electrons. The molecule has 0 N–H and O–H groups in total. The summed E-state index contributed by atoms with van der Waals surface area (Å²) in [6.45, 7) is 0. The van der Waals surface area contributed by atoms with Crippen molar-refractivity contribution in [3.8, 4) is 0 Å². The van der Waals surface area contributed by atoms with E-state index in [0.717, 1.165) is 4.47 Å². The van der Waals surface area contributed by atoms with Crippen LogP contribution >= 0.6 is 15.9 Å². The molecule has 1 aromatic carbocycles. The Hall–Kier alpha value is -1.68. The Labute approximate surface area is 81.7 Å². The van der Waals surface area contributed by atoms with E-state index >= 15 is 0 Å². The Bertz CT molecular complexity index is 332. The highest BCUT2D eigenvalue weighted by atomic mass is 79.9. The predicted molar refractivity (Wildman–Crippen MR) is 49.2 cm³/mol. The molecule has 13 heavy (non-hydrogen) atoms. The maximum absolute atomic E-state index is 8.27. The van der Waals surface area contributed by atoms with Gasteiger partial charge < -0.3 is 15.3 Å². The molecule has 0 aliphatic carbocycles. The number of hydrogen-bond donors (Lipinski definition) is 0. The Balaban J connectivity index is 0.000000310. The quantitative estimate of drug-likeness (QED) is 0.399. The topological polar surface area (TPSA) is 94.3 Å². The molecule has 0 saturated heterocycles. The third kappa shape index (κ3) is 6.71.